The van der Waals surface area contributed by atoms with Gasteiger partial charge >= 0.3 is 12.0 Å². The second-order valence-electron chi connectivity index (χ2n) is 8.01. The molecule has 0 spiro atoms. The summed E-state index contributed by atoms with van der Waals surface area (Å²) in [7, 11) is 0. The number of allylic oxidation sites excluding steroid dienone is 5. The fourth-order valence-electron chi connectivity index (χ4n) is 2.73. The molecule has 0 bridgehead atoms. The van der Waals surface area contributed by atoms with Crippen LogP contribution in [0.15, 0.2) is 34.9 Å². The van der Waals surface area contributed by atoms with Gasteiger partial charge in [-0.25, -0.2) is 10.6 Å². The molecule has 3 amide bonds. The van der Waals surface area contributed by atoms with Crippen LogP contribution in [0.4, 0.5) is 4.79 Å². The van der Waals surface area contributed by atoms with Gasteiger partial charge in [0.05, 0.1) is 13.0 Å². The Labute approximate surface area is 203 Å². The van der Waals surface area contributed by atoms with Gasteiger partial charge in [0.1, 0.15) is 6.04 Å². The third kappa shape index (κ3) is 17.9. The van der Waals surface area contributed by atoms with Crippen molar-refractivity contribution in [2.24, 2.45) is 5.84 Å². The Balaban J connectivity index is 4.33. The fourth-order valence-corrected chi connectivity index (χ4v) is 3.74. The lowest BCUT2D eigenvalue weighted by Gasteiger charge is -2.17. The van der Waals surface area contributed by atoms with Crippen LogP contribution in [0.2, 0.25) is 0 Å². The number of nitrogens with two attached hydrogens (primary N) is 1. The Morgan fingerprint density at radius 3 is 2.21 bits per heavy atom. The molecule has 0 rings (SSSR count). The fraction of sp³-hybridized carbons (Fsp3) is 0.625. The molecule has 0 saturated carbocycles. The first-order valence-corrected chi connectivity index (χ1v) is 12.6. The van der Waals surface area contributed by atoms with Crippen LogP contribution < -0.4 is 21.9 Å². The SMILES string of the molecule is CCOC(=O)CCNC(=O)N[C@@H](CSC/C=C(\C)CC/C=C(\C)CCC=C(C)C)C(=O)NN. The predicted molar refractivity (Wildman–Crippen MR) is 137 cm³/mol. The summed E-state index contributed by atoms with van der Waals surface area (Å²) >= 11 is 1.53. The third-order valence-corrected chi connectivity index (χ3v) is 5.61. The Morgan fingerprint density at radius 2 is 1.61 bits per heavy atom. The Morgan fingerprint density at radius 1 is 0.970 bits per heavy atom. The Bertz CT molecular complexity index is 701. The number of carbonyl (C=O) groups excluding carboxylic acids is 3. The summed E-state index contributed by atoms with van der Waals surface area (Å²) in [4.78, 5) is 35.3. The lowest BCUT2D eigenvalue weighted by molar-refractivity contribution is -0.142. The summed E-state index contributed by atoms with van der Waals surface area (Å²) in [5, 5.41) is 5.12. The standard InChI is InChI=1S/C24H42N4O4S/c1-6-32-22(29)13-15-26-24(31)27-21(23(30)28-25)17-33-16-14-20(5)12-8-11-19(4)10-7-9-18(2)3/h9,11,14,21H,6-8,10,12-13,15-17,25H2,1-5H3,(H,28,30)(H2,26,27,31)/b19-11+,20-14+/t21-/m0/s1. The molecule has 33 heavy (non-hydrogen) atoms. The van der Waals surface area contributed by atoms with Crippen molar-refractivity contribution in [1.29, 1.82) is 0 Å². The van der Waals surface area contributed by atoms with Gasteiger partial charge in [-0.1, -0.05) is 34.9 Å². The topological polar surface area (TPSA) is 123 Å². The average Bonchev–Trinajstić information content (AvgIpc) is 2.75. The molecule has 0 aromatic rings. The minimum Gasteiger partial charge on any atom is -0.466 e. The molecule has 1 atom stereocenters. The number of hydrogen-bond donors (Lipinski definition) is 4. The zero-order valence-corrected chi connectivity index (χ0v) is 21.6. The van der Waals surface area contributed by atoms with Crippen molar-refractivity contribution in [3.05, 3.63) is 34.9 Å². The van der Waals surface area contributed by atoms with Crippen LogP contribution in [0.5, 0.6) is 0 Å². The molecule has 0 radical (unpaired) electrons. The van der Waals surface area contributed by atoms with Crippen LogP contribution in [-0.4, -0.2) is 48.6 Å². The van der Waals surface area contributed by atoms with Gasteiger partial charge in [-0.2, -0.15) is 11.8 Å². The summed E-state index contributed by atoms with van der Waals surface area (Å²) in [5.74, 6) is 5.48. The first kappa shape index (κ1) is 30.7. The van der Waals surface area contributed by atoms with E-state index in [9.17, 15) is 14.4 Å². The number of urea groups is 1. The van der Waals surface area contributed by atoms with Crippen LogP contribution >= 0.6 is 11.8 Å². The first-order valence-electron chi connectivity index (χ1n) is 11.4. The van der Waals surface area contributed by atoms with Crippen molar-refractivity contribution in [3.63, 3.8) is 0 Å². The van der Waals surface area contributed by atoms with Gasteiger partial charge in [0.25, 0.3) is 5.91 Å². The lowest BCUT2D eigenvalue weighted by Crippen LogP contribution is -2.53. The Kier molecular flexibility index (Phi) is 17.9. The quantitative estimate of drug-likeness (QED) is 0.0664. The van der Waals surface area contributed by atoms with Crippen molar-refractivity contribution in [2.45, 2.75) is 72.8 Å². The molecule has 0 aromatic carbocycles. The number of amides is 3. The van der Waals surface area contributed by atoms with Crippen molar-refractivity contribution < 1.29 is 19.1 Å². The highest BCUT2D eigenvalue weighted by Gasteiger charge is 2.19. The van der Waals surface area contributed by atoms with E-state index in [4.69, 9.17) is 10.6 Å². The highest BCUT2D eigenvalue weighted by atomic mass is 32.2. The zero-order chi connectivity index (χ0) is 25.1. The summed E-state index contributed by atoms with van der Waals surface area (Å²) in [6.07, 6.45) is 11.0. The van der Waals surface area contributed by atoms with Gasteiger partial charge in [-0.3, -0.25) is 15.0 Å². The average molecular weight is 483 g/mol. The molecule has 8 nitrogen and oxygen atoms in total. The molecule has 0 unspecified atom stereocenters. The van der Waals surface area contributed by atoms with Crippen LogP contribution in [0, 0.1) is 0 Å². The second kappa shape index (κ2) is 19.2. The maximum Gasteiger partial charge on any atom is 0.315 e. The van der Waals surface area contributed by atoms with E-state index in [1.54, 1.807) is 6.92 Å². The number of ether oxygens (including phenoxy) is 1. The molecule has 0 saturated heterocycles. The molecule has 9 heteroatoms. The van der Waals surface area contributed by atoms with Crippen LogP contribution in [0.25, 0.3) is 0 Å². The second-order valence-corrected chi connectivity index (χ2v) is 9.09. The summed E-state index contributed by atoms with van der Waals surface area (Å²) in [6.45, 7) is 10.7. The highest BCUT2D eigenvalue weighted by Crippen LogP contribution is 2.13. The highest BCUT2D eigenvalue weighted by molar-refractivity contribution is 7.99. The van der Waals surface area contributed by atoms with E-state index >= 15 is 0 Å². The van der Waals surface area contributed by atoms with Gasteiger partial charge in [0.2, 0.25) is 0 Å². The number of hydrazine groups is 1. The molecule has 188 valence electrons. The van der Waals surface area contributed by atoms with E-state index in [1.807, 2.05) is 0 Å². The van der Waals surface area contributed by atoms with Crippen molar-refractivity contribution in [2.75, 3.05) is 24.7 Å². The van der Waals surface area contributed by atoms with Crippen molar-refractivity contribution in [3.8, 4) is 0 Å². The Hall–Kier alpha value is -2.26. The van der Waals surface area contributed by atoms with Crippen LogP contribution in [0.3, 0.4) is 0 Å². The largest absolute Gasteiger partial charge is 0.466 e. The molecule has 0 fully saturated rings. The number of rotatable bonds is 16. The number of hydrogen-bond acceptors (Lipinski definition) is 6. The van der Waals surface area contributed by atoms with Gasteiger partial charge in [-0.05, 0) is 60.3 Å². The first-order chi connectivity index (χ1) is 15.7. The van der Waals surface area contributed by atoms with Crippen molar-refractivity contribution >= 4 is 29.7 Å². The molecule has 0 heterocycles. The van der Waals surface area contributed by atoms with Gasteiger partial charge < -0.3 is 15.4 Å². The number of carbonyl (C=O) groups is 3. The zero-order valence-electron chi connectivity index (χ0n) is 20.8. The molecular formula is C24H42N4O4S. The normalized spacial score (nSPS) is 12.5. The maximum atomic E-state index is 12.0. The maximum absolute atomic E-state index is 12.0. The summed E-state index contributed by atoms with van der Waals surface area (Å²) in [6, 6.07) is -1.31. The predicted octanol–water partition coefficient (Wildman–Crippen LogP) is 3.75. The van der Waals surface area contributed by atoms with E-state index in [0.29, 0.717) is 12.4 Å². The number of nitrogens with one attached hydrogen (secondary N) is 3. The molecule has 0 aliphatic rings. The van der Waals surface area contributed by atoms with Gasteiger partial charge in [0.15, 0.2) is 0 Å². The van der Waals surface area contributed by atoms with E-state index < -0.39 is 18.0 Å². The van der Waals surface area contributed by atoms with E-state index in [-0.39, 0.29) is 18.9 Å². The smallest absolute Gasteiger partial charge is 0.315 e. The minimum absolute atomic E-state index is 0.0675. The van der Waals surface area contributed by atoms with Crippen LogP contribution in [-0.2, 0) is 14.3 Å². The minimum atomic E-state index is -0.775. The van der Waals surface area contributed by atoms with E-state index in [1.165, 1.54) is 28.5 Å². The molecule has 0 aromatic heterocycles. The molecule has 0 aliphatic heterocycles. The van der Waals surface area contributed by atoms with Gasteiger partial charge in [0, 0.05) is 18.1 Å². The van der Waals surface area contributed by atoms with E-state index in [2.05, 4.69) is 62.0 Å². The summed E-state index contributed by atoms with van der Waals surface area (Å²) in [5.41, 5.74) is 6.14. The molecule has 5 N–H and O–H groups in total. The monoisotopic (exact) mass is 482 g/mol. The summed E-state index contributed by atoms with van der Waals surface area (Å²) < 4.78 is 4.80. The van der Waals surface area contributed by atoms with E-state index in [0.717, 1.165) is 31.4 Å². The molecular weight excluding hydrogens is 440 g/mol. The van der Waals surface area contributed by atoms with Crippen LogP contribution in [0.1, 0.15) is 66.7 Å². The molecule has 0 aliphatic carbocycles. The number of thioether (sulfide) groups is 1. The third-order valence-electron chi connectivity index (χ3n) is 4.64. The lowest BCUT2D eigenvalue weighted by atomic mass is 10.1. The van der Waals surface area contributed by atoms with Crippen molar-refractivity contribution in [1.82, 2.24) is 16.1 Å². The van der Waals surface area contributed by atoms with Gasteiger partial charge in [-0.15, -0.1) is 0 Å². The number of esters is 1.